The first kappa shape index (κ1) is 25.7. The minimum atomic E-state index is -0.249. The van der Waals surface area contributed by atoms with Crippen LogP contribution in [0.25, 0.3) is 0 Å². The highest BCUT2D eigenvalue weighted by Crippen LogP contribution is 2.20. The fraction of sp³-hybridized carbons (Fsp3) is 0.192. The van der Waals surface area contributed by atoms with Crippen LogP contribution >= 0.6 is 11.6 Å². The molecule has 2 amide bonds. The van der Waals surface area contributed by atoms with Gasteiger partial charge in [-0.2, -0.15) is 0 Å². The van der Waals surface area contributed by atoms with E-state index in [1.807, 2.05) is 24.3 Å². The monoisotopic (exact) mass is 493 g/mol. The highest BCUT2D eigenvalue weighted by Gasteiger charge is 2.11. The molecule has 182 valence electrons. The number of methoxy groups -OCH3 is 1. The Bertz CT molecular complexity index is 1220. The van der Waals surface area contributed by atoms with Crippen molar-refractivity contribution in [3.05, 3.63) is 99.6 Å². The maximum Gasteiger partial charge on any atom is 0.251 e. The van der Waals surface area contributed by atoms with Gasteiger partial charge in [0.1, 0.15) is 5.84 Å². The summed E-state index contributed by atoms with van der Waals surface area (Å²) in [5, 5.41) is 17.3. The lowest BCUT2D eigenvalue weighted by molar-refractivity contribution is 0.0933. The summed E-state index contributed by atoms with van der Waals surface area (Å²) >= 11 is 5.99. The van der Waals surface area contributed by atoms with Gasteiger partial charge in [-0.1, -0.05) is 41.9 Å². The lowest BCUT2D eigenvalue weighted by Gasteiger charge is -2.15. The van der Waals surface area contributed by atoms with E-state index >= 15 is 0 Å². The summed E-state index contributed by atoms with van der Waals surface area (Å²) in [6.45, 7) is 1.56. The van der Waals surface area contributed by atoms with E-state index < -0.39 is 0 Å². The smallest absolute Gasteiger partial charge is 0.251 e. The van der Waals surface area contributed by atoms with Crippen molar-refractivity contribution in [3.63, 3.8) is 0 Å². The van der Waals surface area contributed by atoms with Gasteiger partial charge in [0.05, 0.1) is 6.61 Å². The normalized spacial score (nSPS) is 10.5. The highest BCUT2D eigenvalue weighted by atomic mass is 35.5. The first-order chi connectivity index (χ1) is 16.9. The minimum Gasteiger partial charge on any atom is -0.384 e. The molecule has 0 aliphatic carbocycles. The Labute approximate surface area is 209 Å². The van der Waals surface area contributed by atoms with E-state index in [0.717, 1.165) is 16.8 Å². The molecule has 6 N–H and O–H groups in total. The van der Waals surface area contributed by atoms with Crippen molar-refractivity contribution in [2.24, 2.45) is 5.73 Å². The van der Waals surface area contributed by atoms with E-state index in [4.69, 9.17) is 27.5 Å². The Morgan fingerprint density at radius 3 is 2.34 bits per heavy atom. The molecule has 0 bridgehead atoms. The molecule has 0 aliphatic rings. The third kappa shape index (κ3) is 7.56. The summed E-state index contributed by atoms with van der Waals surface area (Å²) in [5.74, 6) is -0.481. The average Bonchev–Trinajstić information content (AvgIpc) is 2.86. The molecule has 0 heterocycles. The number of nitrogens with two attached hydrogens (primary N) is 1. The number of nitrogen functional groups attached to an aromatic ring is 1. The lowest BCUT2D eigenvalue weighted by atomic mass is 10.1. The van der Waals surface area contributed by atoms with E-state index in [-0.39, 0.29) is 24.2 Å². The van der Waals surface area contributed by atoms with Crippen molar-refractivity contribution >= 4 is 34.9 Å². The van der Waals surface area contributed by atoms with Gasteiger partial charge in [-0.25, -0.2) is 0 Å². The molecule has 0 saturated heterocycles. The van der Waals surface area contributed by atoms with E-state index in [9.17, 15) is 9.59 Å². The number of amides is 2. The van der Waals surface area contributed by atoms with E-state index in [1.54, 1.807) is 49.6 Å². The number of rotatable bonds is 11. The Balaban J connectivity index is 1.71. The van der Waals surface area contributed by atoms with Crippen LogP contribution in [0.5, 0.6) is 0 Å². The van der Waals surface area contributed by atoms with Crippen LogP contribution in [0.4, 0.5) is 5.69 Å². The lowest BCUT2D eigenvalue weighted by Crippen LogP contribution is -2.27. The molecule has 0 spiro atoms. The number of halogens is 1. The predicted molar refractivity (Wildman–Crippen MR) is 138 cm³/mol. The highest BCUT2D eigenvalue weighted by molar-refractivity contribution is 6.30. The first-order valence-electron chi connectivity index (χ1n) is 11.0. The molecule has 3 aromatic carbocycles. The molecule has 3 aromatic rings. The van der Waals surface area contributed by atoms with Crippen molar-refractivity contribution in [2.45, 2.75) is 13.1 Å². The topological polar surface area (TPSA) is 129 Å². The number of hydrogen-bond donors (Lipinski definition) is 5. The largest absolute Gasteiger partial charge is 0.384 e. The van der Waals surface area contributed by atoms with Gasteiger partial charge in [-0.05, 0) is 47.5 Å². The minimum absolute atomic E-state index is 0.0581. The number of carbonyl (C=O) groups excluding carboxylic acids is 2. The van der Waals surface area contributed by atoms with Gasteiger partial charge in [0.15, 0.2) is 0 Å². The van der Waals surface area contributed by atoms with Crippen LogP contribution in [0.1, 0.15) is 37.4 Å². The van der Waals surface area contributed by atoms with Crippen LogP contribution < -0.4 is 21.7 Å². The zero-order chi connectivity index (χ0) is 25.2. The predicted octanol–water partition coefficient (Wildman–Crippen LogP) is 3.54. The van der Waals surface area contributed by atoms with Crippen LogP contribution in [-0.2, 0) is 17.8 Å². The fourth-order valence-electron chi connectivity index (χ4n) is 3.36. The Kier molecular flexibility index (Phi) is 9.23. The Morgan fingerprint density at radius 1 is 0.914 bits per heavy atom. The maximum absolute atomic E-state index is 12.5. The third-order valence-corrected chi connectivity index (χ3v) is 5.45. The van der Waals surface area contributed by atoms with Crippen LogP contribution in [0.2, 0.25) is 5.02 Å². The number of ether oxygens (including phenoxy) is 1. The SMILES string of the molecule is COCCNC(=O)c1cccc(CNc2cc(C(=N)N)ccc2CNC(=O)c2cccc(Cl)c2)c1. The first-order valence-corrected chi connectivity index (χ1v) is 11.4. The van der Waals surface area contributed by atoms with Gasteiger partial charge in [0.25, 0.3) is 11.8 Å². The summed E-state index contributed by atoms with van der Waals surface area (Å²) in [6, 6.07) is 19.3. The second-order valence-corrected chi connectivity index (χ2v) is 8.22. The number of nitrogens with one attached hydrogen (secondary N) is 4. The van der Waals surface area contributed by atoms with Crippen molar-refractivity contribution in [2.75, 3.05) is 25.6 Å². The number of amidine groups is 1. The Morgan fingerprint density at radius 2 is 1.63 bits per heavy atom. The van der Waals surface area contributed by atoms with Gasteiger partial charge in [0.2, 0.25) is 0 Å². The molecular weight excluding hydrogens is 466 g/mol. The molecule has 0 unspecified atom stereocenters. The third-order valence-electron chi connectivity index (χ3n) is 5.21. The van der Waals surface area contributed by atoms with Crippen molar-refractivity contribution in [3.8, 4) is 0 Å². The number of anilines is 1. The molecule has 9 heteroatoms. The molecule has 0 aromatic heterocycles. The quantitative estimate of drug-likeness (QED) is 0.158. The molecule has 3 rings (SSSR count). The van der Waals surface area contributed by atoms with Crippen LogP contribution in [-0.4, -0.2) is 37.9 Å². The second kappa shape index (κ2) is 12.5. The summed E-state index contributed by atoms with van der Waals surface area (Å²) in [6.07, 6.45) is 0. The number of carbonyl (C=O) groups is 2. The summed E-state index contributed by atoms with van der Waals surface area (Å²) in [4.78, 5) is 24.9. The van der Waals surface area contributed by atoms with Gasteiger partial charge >= 0.3 is 0 Å². The number of benzene rings is 3. The van der Waals surface area contributed by atoms with Gasteiger partial charge in [0, 0.05) is 54.1 Å². The van der Waals surface area contributed by atoms with E-state index in [0.29, 0.717) is 41.4 Å². The van der Waals surface area contributed by atoms with Crippen molar-refractivity contribution in [1.29, 1.82) is 5.41 Å². The molecule has 0 radical (unpaired) electrons. The summed E-state index contributed by atoms with van der Waals surface area (Å²) in [7, 11) is 1.58. The van der Waals surface area contributed by atoms with E-state index in [2.05, 4.69) is 16.0 Å². The zero-order valence-electron chi connectivity index (χ0n) is 19.4. The standard InChI is InChI=1S/C26H28ClN5O3/c1-35-11-10-30-25(33)19-5-2-4-17(12-19)15-31-23-14-18(24(28)29)8-9-21(23)16-32-26(34)20-6-3-7-22(27)13-20/h2-9,12-14,31H,10-11,15-16H2,1H3,(H3,28,29)(H,30,33)(H,32,34). The molecule has 0 saturated carbocycles. The summed E-state index contributed by atoms with van der Waals surface area (Å²) in [5.41, 5.74) is 9.68. The molecule has 0 aliphatic heterocycles. The maximum atomic E-state index is 12.5. The molecular formula is C26H28ClN5O3. The second-order valence-electron chi connectivity index (χ2n) is 7.78. The van der Waals surface area contributed by atoms with Gasteiger partial charge < -0.3 is 26.4 Å². The Hall–Kier alpha value is -3.88. The molecule has 8 nitrogen and oxygen atoms in total. The van der Waals surface area contributed by atoms with Crippen LogP contribution in [0, 0.1) is 5.41 Å². The van der Waals surface area contributed by atoms with Gasteiger partial charge in [-0.3, -0.25) is 15.0 Å². The fourth-order valence-corrected chi connectivity index (χ4v) is 3.55. The van der Waals surface area contributed by atoms with Gasteiger partial charge in [-0.15, -0.1) is 0 Å². The molecule has 0 fully saturated rings. The van der Waals surface area contributed by atoms with E-state index in [1.165, 1.54) is 0 Å². The summed E-state index contributed by atoms with van der Waals surface area (Å²) < 4.78 is 4.96. The molecule has 35 heavy (non-hydrogen) atoms. The molecule has 0 atom stereocenters. The number of hydrogen-bond acceptors (Lipinski definition) is 5. The zero-order valence-corrected chi connectivity index (χ0v) is 20.1. The van der Waals surface area contributed by atoms with Crippen molar-refractivity contribution < 1.29 is 14.3 Å². The van der Waals surface area contributed by atoms with Crippen LogP contribution in [0.3, 0.4) is 0 Å². The van der Waals surface area contributed by atoms with Crippen LogP contribution in [0.15, 0.2) is 66.7 Å². The van der Waals surface area contributed by atoms with Crippen molar-refractivity contribution in [1.82, 2.24) is 10.6 Å². The average molecular weight is 494 g/mol.